The first-order valence-corrected chi connectivity index (χ1v) is 9.23. The van der Waals surface area contributed by atoms with Gasteiger partial charge in [0.25, 0.3) is 0 Å². The van der Waals surface area contributed by atoms with Crippen molar-refractivity contribution in [2.45, 2.75) is 11.5 Å². The largest absolute Gasteiger partial charge is 0.497 e. The van der Waals surface area contributed by atoms with Gasteiger partial charge in [0.15, 0.2) is 11.4 Å². The quantitative estimate of drug-likeness (QED) is 0.643. The molecule has 1 aliphatic heterocycles. The number of hydrogen-bond donors (Lipinski definition) is 0. The Morgan fingerprint density at radius 3 is 2.29 bits per heavy atom. The van der Waals surface area contributed by atoms with Gasteiger partial charge >= 0.3 is 0 Å². The minimum absolute atomic E-state index is 0.0671. The Kier molecular flexibility index (Phi) is 3.63. The average Bonchev–Trinajstić information content (AvgIpc) is 3.33. The molecule has 4 nitrogen and oxygen atoms in total. The Morgan fingerprint density at radius 1 is 0.929 bits per heavy atom. The van der Waals surface area contributed by atoms with Crippen LogP contribution in [-0.4, -0.2) is 24.3 Å². The van der Waals surface area contributed by atoms with Crippen molar-refractivity contribution < 1.29 is 19.1 Å². The van der Waals surface area contributed by atoms with Crippen LogP contribution in [0.5, 0.6) is 11.5 Å². The number of carbonyl (C=O) groups is 2. The summed E-state index contributed by atoms with van der Waals surface area (Å²) in [5, 5.41) is 0. The van der Waals surface area contributed by atoms with Crippen LogP contribution in [0.15, 0.2) is 78.9 Å². The maximum atomic E-state index is 13.3. The van der Waals surface area contributed by atoms with Gasteiger partial charge in [0.1, 0.15) is 11.5 Å². The first-order chi connectivity index (χ1) is 13.7. The third-order valence-electron chi connectivity index (χ3n) is 5.73. The Balaban J connectivity index is 1.59. The standard InChI is InChI=1S/C24H18O4/c1-27-17-13-11-15(12-14-17)20-21(22(25)16-7-3-2-4-8-16)24(20)23(26)18-9-5-6-10-19(18)28-24/h2-14,20-21H,1H3/t20-,21-,24-/m1/s1. The first kappa shape index (κ1) is 16.8. The van der Waals surface area contributed by atoms with E-state index < -0.39 is 11.5 Å². The molecule has 1 heterocycles. The number of methoxy groups -OCH3 is 1. The fourth-order valence-electron chi connectivity index (χ4n) is 4.34. The van der Waals surface area contributed by atoms with E-state index in [2.05, 4.69) is 0 Å². The molecule has 2 aliphatic rings. The molecule has 3 atom stereocenters. The van der Waals surface area contributed by atoms with Crippen LogP contribution in [0.4, 0.5) is 0 Å². The van der Waals surface area contributed by atoms with Crippen molar-refractivity contribution in [2.24, 2.45) is 5.92 Å². The number of rotatable bonds is 4. The van der Waals surface area contributed by atoms with E-state index >= 15 is 0 Å². The fraction of sp³-hybridized carbons (Fsp3) is 0.167. The minimum atomic E-state index is -1.16. The minimum Gasteiger partial charge on any atom is -0.497 e. The normalized spacial score (nSPS) is 24.5. The van der Waals surface area contributed by atoms with Crippen molar-refractivity contribution >= 4 is 11.6 Å². The van der Waals surface area contributed by atoms with Gasteiger partial charge in [-0.2, -0.15) is 0 Å². The van der Waals surface area contributed by atoms with E-state index in [4.69, 9.17) is 9.47 Å². The zero-order valence-electron chi connectivity index (χ0n) is 15.3. The molecule has 0 bridgehead atoms. The summed E-state index contributed by atoms with van der Waals surface area (Å²) in [5.41, 5.74) is 0.876. The molecule has 3 aromatic rings. The van der Waals surface area contributed by atoms with E-state index in [1.54, 1.807) is 31.4 Å². The van der Waals surface area contributed by atoms with Crippen molar-refractivity contribution in [1.29, 1.82) is 0 Å². The van der Waals surface area contributed by atoms with Crippen molar-refractivity contribution in [1.82, 2.24) is 0 Å². The van der Waals surface area contributed by atoms with E-state index in [0.29, 0.717) is 16.9 Å². The topological polar surface area (TPSA) is 52.6 Å². The highest BCUT2D eigenvalue weighted by Gasteiger charge is 2.77. The molecule has 28 heavy (non-hydrogen) atoms. The van der Waals surface area contributed by atoms with Crippen LogP contribution in [0.3, 0.4) is 0 Å². The summed E-state index contributed by atoms with van der Waals surface area (Å²) < 4.78 is 11.4. The Labute approximate surface area is 162 Å². The highest BCUT2D eigenvalue weighted by atomic mass is 16.5. The monoisotopic (exact) mass is 370 g/mol. The lowest BCUT2D eigenvalue weighted by atomic mass is 10.0. The van der Waals surface area contributed by atoms with Crippen LogP contribution in [-0.2, 0) is 0 Å². The first-order valence-electron chi connectivity index (χ1n) is 9.23. The van der Waals surface area contributed by atoms with Crippen molar-refractivity contribution in [3.05, 3.63) is 95.6 Å². The molecule has 0 unspecified atom stereocenters. The number of fused-ring (bicyclic) bond motifs is 1. The van der Waals surface area contributed by atoms with Crippen LogP contribution in [0.25, 0.3) is 0 Å². The van der Waals surface area contributed by atoms with E-state index in [0.717, 1.165) is 11.3 Å². The van der Waals surface area contributed by atoms with Gasteiger partial charge in [-0.25, -0.2) is 0 Å². The average molecular weight is 370 g/mol. The summed E-state index contributed by atoms with van der Waals surface area (Å²) in [7, 11) is 1.61. The molecule has 1 fully saturated rings. The highest BCUT2D eigenvalue weighted by Crippen LogP contribution is 2.65. The zero-order chi connectivity index (χ0) is 19.3. The second kappa shape index (κ2) is 6.06. The molecule has 1 spiro atoms. The summed E-state index contributed by atoms with van der Waals surface area (Å²) in [6.07, 6.45) is 0. The molecule has 0 radical (unpaired) electrons. The van der Waals surface area contributed by atoms with Crippen LogP contribution < -0.4 is 9.47 Å². The summed E-state index contributed by atoms with van der Waals surface area (Å²) in [6.45, 7) is 0. The number of ketones is 2. The van der Waals surface area contributed by atoms with Crippen LogP contribution in [0.1, 0.15) is 32.2 Å². The molecule has 1 aliphatic carbocycles. The molecule has 138 valence electrons. The van der Waals surface area contributed by atoms with Gasteiger partial charge in [-0.15, -0.1) is 0 Å². The van der Waals surface area contributed by atoms with Gasteiger partial charge in [-0.3, -0.25) is 9.59 Å². The van der Waals surface area contributed by atoms with Crippen molar-refractivity contribution in [3.63, 3.8) is 0 Å². The predicted octanol–water partition coefficient (Wildman–Crippen LogP) is 4.31. The third kappa shape index (κ3) is 2.24. The number of para-hydroxylation sites is 1. The van der Waals surface area contributed by atoms with Gasteiger partial charge in [0.05, 0.1) is 18.6 Å². The summed E-state index contributed by atoms with van der Waals surface area (Å²) in [6, 6.07) is 23.8. The molecule has 3 aromatic carbocycles. The van der Waals surface area contributed by atoms with Gasteiger partial charge in [-0.05, 0) is 29.8 Å². The Morgan fingerprint density at radius 2 is 1.61 bits per heavy atom. The number of hydrogen-bond acceptors (Lipinski definition) is 4. The second-order valence-corrected chi connectivity index (χ2v) is 7.18. The van der Waals surface area contributed by atoms with E-state index in [1.807, 2.05) is 54.6 Å². The number of Topliss-reactive ketones (excluding diaryl/α,β-unsaturated/α-hetero) is 2. The lowest BCUT2D eigenvalue weighted by Crippen LogP contribution is -2.29. The highest BCUT2D eigenvalue weighted by molar-refractivity contribution is 6.17. The van der Waals surface area contributed by atoms with Gasteiger partial charge < -0.3 is 9.47 Å². The van der Waals surface area contributed by atoms with E-state index in [1.165, 1.54) is 0 Å². The zero-order valence-corrected chi connectivity index (χ0v) is 15.3. The number of carbonyl (C=O) groups excluding carboxylic acids is 2. The molecule has 0 N–H and O–H groups in total. The molecule has 0 aromatic heterocycles. The summed E-state index contributed by atoms with van der Waals surface area (Å²) >= 11 is 0. The molecule has 0 saturated heterocycles. The van der Waals surface area contributed by atoms with Gasteiger partial charge in [-0.1, -0.05) is 54.6 Å². The van der Waals surface area contributed by atoms with Gasteiger partial charge in [0.2, 0.25) is 5.78 Å². The molecule has 5 rings (SSSR count). The van der Waals surface area contributed by atoms with Gasteiger partial charge in [0, 0.05) is 11.5 Å². The number of ether oxygens (including phenoxy) is 2. The SMILES string of the molecule is COc1ccc([C@@H]2[C@H](C(=O)c3ccccc3)[C@]23Oc2ccccc2C3=O)cc1. The lowest BCUT2D eigenvalue weighted by molar-refractivity contribution is 0.0741. The summed E-state index contributed by atoms with van der Waals surface area (Å²) in [4.78, 5) is 26.6. The maximum Gasteiger partial charge on any atom is 0.211 e. The van der Waals surface area contributed by atoms with Crippen molar-refractivity contribution in [2.75, 3.05) is 7.11 Å². The molecule has 4 heteroatoms. The molecular formula is C24H18O4. The predicted molar refractivity (Wildman–Crippen MR) is 104 cm³/mol. The number of benzene rings is 3. The molecule has 1 saturated carbocycles. The smallest absolute Gasteiger partial charge is 0.211 e. The third-order valence-corrected chi connectivity index (χ3v) is 5.73. The Bertz CT molecular complexity index is 1070. The fourth-order valence-corrected chi connectivity index (χ4v) is 4.34. The second-order valence-electron chi connectivity index (χ2n) is 7.18. The van der Waals surface area contributed by atoms with Crippen LogP contribution in [0.2, 0.25) is 0 Å². The maximum absolute atomic E-state index is 13.3. The lowest BCUT2D eigenvalue weighted by Gasteiger charge is -2.10. The molecular weight excluding hydrogens is 352 g/mol. The van der Waals surface area contributed by atoms with Crippen LogP contribution in [0, 0.1) is 5.92 Å². The molecule has 0 amide bonds. The van der Waals surface area contributed by atoms with Crippen molar-refractivity contribution in [3.8, 4) is 11.5 Å². The van der Waals surface area contributed by atoms with E-state index in [9.17, 15) is 9.59 Å². The van der Waals surface area contributed by atoms with E-state index in [-0.39, 0.29) is 17.5 Å². The summed E-state index contributed by atoms with van der Waals surface area (Å²) in [5.74, 6) is 0.218. The van der Waals surface area contributed by atoms with Crippen LogP contribution >= 0.6 is 0 Å². The Hall–Kier alpha value is -3.40.